The number of rotatable bonds is 4. The summed E-state index contributed by atoms with van der Waals surface area (Å²) >= 11 is 5.95. The zero-order valence-corrected chi connectivity index (χ0v) is 16.5. The fourth-order valence-corrected chi connectivity index (χ4v) is 4.45. The number of hydrogen-bond acceptors (Lipinski definition) is 5. The lowest BCUT2D eigenvalue weighted by Gasteiger charge is -2.34. The summed E-state index contributed by atoms with van der Waals surface area (Å²) in [5, 5.41) is 0.186. The highest BCUT2D eigenvalue weighted by molar-refractivity contribution is 7.92. The number of halogens is 4. The molecule has 1 aliphatic rings. The van der Waals surface area contributed by atoms with Crippen molar-refractivity contribution in [2.24, 2.45) is 0 Å². The average molecular weight is 450 g/mol. The van der Waals surface area contributed by atoms with E-state index < -0.39 is 45.3 Å². The Hall–Kier alpha value is -2.46. The van der Waals surface area contributed by atoms with Crippen LogP contribution in [0, 0.1) is 0 Å². The Balaban J connectivity index is 2.10. The van der Waals surface area contributed by atoms with Gasteiger partial charge in [-0.1, -0.05) is 17.7 Å². The zero-order chi connectivity index (χ0) is 21.4. The maximum absolute atomic E-state index is 13.2. The minimum Gasteiger partial charge on any atom is -0.475 e. The second-order valence-corrected chi connectivity index (χ2v) is 8.33. The SMILES string of the molecule is CCOC(=O)C1CN(S(=O)(=O)c2cccc(C(F)(F)F)c2)c2cc(Cl)ccc2O1. The second-order valence-electron chi connectivity index (χ2n) is 6.03. The number of hydrogen-bond donors (Lipinski definition) is 0. The molecule has 0 aliphatic carbocycles. The third-order valence-electron chi connectivity index (χ3n) is 4.09. The molecule has 0 saturated heterocycles. The van der Waals surface area contributed by atoms with Crippen LogP contribution in [0.15, 0.2) is 47.4 Å². The number of alkyl halides is 3. The molecule has 2 aromatic carbocycles. The Morgan fingerprint density at radius 3 is 2.66 bits per heavy atom. The Kier molecular flexibility index (Phi) is 5.68. The summed E-state index contributed by atoms with van der Waals surface area (Å²) in [7, 11) is -4.47. The van der Waals surface area contributed by atoms with Gasteiger partial charge in [0.2, 0.25) is 6.10 Å². The van der Waals surface area contributed by atoms with Crippen molar-refractivity contribution >= 4 is 33.3 Å². The van der Waals surface area contributed by atoms with E-state index in [1.165, 1.54) is 18.2 Å². The lowest BCUT2D eigenvalue weighted by Crippen LogP contribution is -2.47. The number of nitrogens with zero attached hydrogens (tertiary/aromatic N) is 1. The molecule has 0 N–H and O–H groups in total. The molecule has 11 heteroatoms. The molecule has 1 atom stereocenters. The molecule has 0 fully saturated rings. The zero-order valence-electron chi connectivity index (χ0n) is 14.9. The number of carbonyl (C=O) groups is 1. The summed E-state index contributed by atoms with van der Waals surface area (Å²) < 4.78 is 76.7. The third-order valence-corrected chi connectivity index (χ3v) is 6.10. The maximum Gasteiger partial charge on any atom is 0.416 e. The van der Waals surface area contributed by atoms with Gasteiger partial charge in [-0.3, -0.25) is 4.31 Å². The predicted octanol–water partition coefficient (Wildman–Crippen LogP) is 3.88. The molecule has 156 valence electrons. The van der Waals surface area contributed by atoms with Gasteiger partial charge in [-0.15, -0.1) is 0 Å². The summed E-state index contributed by atoms with van der Waals surface area (Å²) in [4.78, 5) is 11.5. The van der Waals surface area contributed by atoms with Gasteiger partial charge >= 0.3 is 12.1 Å². The van der Waals surface area contributed by atoms with Crippen molar-refractivity contribution in [3.8, 4) is 5.75 Å². The first kappa shape index (κ1) is 21.3. The first-order chi connectivity index (χ1) is 13.5. The smallest absolute Gasteiger partial charge is 0.416 e. The summed E-state index contributed by atoms with van der Waals surface area (Å²) in [6.07, 6.45) is -6.00. The van der Waals surface area contributed by atoms with Crippen LogP contribution in [0.3, 0.4) is 0 Å². The molecular weight excluding hydrogens is 435 g/mol. The summed E-state index contributed by atoms with van der Waals surface area (Å²) in [5.41, 5.74) is -1.10. The van der Waals surface area contributed by atoms with Crippen LogP contribution in [0.5, 0.6) is 5.75 Å². The Bertz CT molecular complexity index is 1040. The number of carbonyl (C=O) groups excluding carboxylic acids is 1. The van der Waals surface area contributed by atoms with Gasteiger partial charge in [-0.25, -0.2) is 13.2 Å². The van der Waals surface area contributed by atoms with E-state index in [4.69, 9.17) is 21.1 Å². The van der Waals surface area contributed by atoms with Crippen LogP contribution >= 0.6 is 11.6 Å². The highest BCUT2D eigenvalue weighted by Gasteiger charge is 2.39. The summed E-state index contributed by atoms with van der Waals surface area (Å²) in [6.45, 7) is 1.14. The van der Waals surface area contributed by atoms with Crippen LogP contribution in [-0.2, 0) is 25.7 Å². The highest BCUT2D eigenvalue weighted by Crippen LogP contribution is 2.39. The van der Waals surface area contributed by atoms with E-state index in [0.29, 0.717) is 6.07 Å². The molecule has 0 bridgehead atoms. The fraction of sp³-hybridized carbons (Fsp3) is 0.278. The van der Waals surface area contributed by atoms with Crippen molar-refractivity contribution in [3.05, 3.63) is 53.1 Å². The maximum atomic E-state index is 13.2. The number of sulfonamides is 1. The van der Waals surface area contributed by atoms with E-state index in [1.54, 1.807) is 6.92 Å². The Morgan fingerprint density at radius 2 is 2.00 bits per heavy atom. The van der Waals surface area contributed by atoms with Crippen LogP contribution in [0.25, 0.3) is 0 Å². The molecule has 1 heterocycles. The predicted molar refractivity (Wildman–Crippen MR) is 98.5 cm³/mol. The molecule has 0 radical (unpaired) electrons. The van der Waals surface area contributed by atoms with Crippen LogP contribution < -0.4 is 9.04 Å². The van der Waals surface area contributed by atoms with E-state index in [1.807, 2.05) is 0 Å². The Labute approximate surface area is 169 Å². The lowest BCUT2D eigenvalue weighted by molar-refractivity contribution is -0.151. The third kappa shape index (κ3) is 4.27. The van der Waals surface area contributed by atoms with E-state index in [2.05, 4.69) is 0 Å². The van der Waals surface area contributed by atoms with Gasteiger partial charge in [0, 0.05) is 5.02 Å². The Morgan fingerprint density at radius 1 is 1.28 bits per heavy atom. The second kappa shape index (κ2) is 7.75. The lowest BCUT2D eigenvalue weighted by atomic mass is 10.2. The van der Waals surface area contributed by atoms with Gasteiger partial charge in [0.05, 0.1) is 29.3 Å². The van der Waals surface area contributed by atoms with Crippen LogP contribution in [-0.4, -0.2) is 33.6 Å². The molecule has 0 spiro atoms. The first-order valence-electron chi connectivity index (χ1n) is 8.37. The van der Waals surface area contributed by atoms with E-state index in [-0.39, 0.29) is 23.1 Å². The molecule has 1 aliphatic heterocycles. The highest BCUT2D eigenvalue weighted by atomic mass is 35.5. The first-order valence-corrected chi connectivity index (χ1v) is 10.2. The van der Waals surface area contributed by atoms with Gasteiger partial charge in [0.15, 0.2) is 0 Å². The van der Waals surface area contributed by atoms with Gasteiger partial charge < -0.3 is 9.47 Å². The molecule has 1 unspecified atom stereocenters. The van der Waals surface area contributed by atoms with Crippen LogP contribution in [0.1, 0.15) is 12.5 Å². The van der Waals surface area contributed by atoms with Crippen molar-refractivity contribution in [2.75, 3.05) is 17.5 Å². The van der Waals surface area contributed by atoms with Gasteiger partial charge in [0.25, 0.3) is 10.0 Å². The van der Waals surface area contributed by atoms with Crippen molar-refractivity contribution in [3.63, 3.8) is 0 Å². The topological polar surface area (TPSA) is 72.9 Å². The average Bonchev–Trinajstić information content (AvgIpc) is 2.66. The number of esters is 1. The molecule has 6 nitrogen and oxygen atoms in total. The van der Waals surface area contributed by atoms with Gasteiger partial charge in [0.1, 0.15) is 5.75 Å². The van der Waals surface area contributed by atoms with E-state index in [9.17, 15) is 26.4 Å². The van der Waals surface area contributed by atoms with Crippen molar-refractivity contribution in [1.82, 2.24) is 0 Å². The number of fused-ring (bicyclic) bond motifs is 1. The molecule has 0 amide bonds. The van der Waals surface area contributed by atoms with Crippen LogP contribution in [0.4, 0.5) is 18.9 Å². The molecular formula is C18H15ClF3NO5S. The molecule has 3 rings (SSSR count). The standard InChI is InChI=1S/C18H15ClF3NO5S/c1-2-27-17(24)16-10-23(14-9-12(19)6-7-15(14)28-16)29(25,26)13-5-3-4-11(8-13)18(20,21)22/h3-9,16H,2,10H2,1H3. The number of benzene rings is 2. The van der Waals surface area contributed by atoms with Crippen molar-refractivity contribution < 1.29 is 35.9 Å². The van der Waals surface area contributed by atoms with Gasteiger partial charge in [-0.05, 0) is 43.3 Å². The number of ether oxygens (including phenoxy) is 2. The van der Waals surface area contributed by atoms with E-state index in [0.717, 1.165) is 22.5 Å². The fourth-order valence-electron chi connectivity index (χ4n) is 2.77. The minimum atomic E-state index is -4.72. The monoisotopic (exact) mass is 449 g/mol. The molecule has 0 aromatic heterocycles. The molecule has 2 aromatic rings. The largest absolute Gasteiger partial charge is 0.475 e. The number of anilines is 1. The molecule has 0 saturated carbocycles. The normalized spacial score (nSPS) is 16.7. The van der Waals surface area contributed by atoms with Crippen molar-refractivity contribution in [2.45, 2.75) is 24.1 Å². The quantitative estimate of drug-likeness (QED) is 0.662. The minimum absolute atomic E-state index is 0.00969. The summed E-state index contributed by atoms with van der Waals surface area (Å²) in [5.74, 6) is -0.758. The van der Waals surface area contributed by atoms with Crippen molar-refractivity contribution in [1.29, 1.82) is 0 Å². The van der Waals surface area contributed by atoms with Gasteiger partial charge in [-0.2, -0.15) is 13.2 Å². The molecule has 29 heavy (non-hydrogen) atoms. The summed E-state index contributed by atoms with van der Waals surface area (Å²) in [6, 6.07) is 7.45. The van der Waals surface area contributed by atoms with Crippen LogP contribution in [0.2, 0.25) is 5.02 Å². The van der Waals surface area contributed by atoms with E-state index >= 15 is 0 Å².